The summed E-state index contributed by atoms with van der Waals surface area (Å²) in [7, 11) is 0. The van der Waals surface area contributed by atoms with Crippen LogP contribution in [0.25, 0.3) is 10.4 Å². The molecule has 0 aliphatic carbocycles. The molecule has 0 radical (unpaired) electrons. The first-order valence-electron chi connectivity index (χ1n) is 5.55. The molecule has 9 nitrogen and oxygen atoms in total. The quantitative estimate of drug-likeness (QED) is 0.0796. The Balaban J connectivity index is 5.35. The second kappa shape index (κ2) is 10.5. The summed E-state index contributed by atoms with van der Waals surface area (Å²) in [5.41, 5.74) is 8.56. The number of esters is 2. The van der Waals surface area contributed by atoms with Crippen molar-refractivity contribution in [2.45, 2.75) is 35.5 Å². The average Bonchev–Trinajstić information content (AvgIpc) is 2.38. The van der Waals surface area contributed by atoms with E-state index in [1.807, 2.05) is 0 Å². The summed E-state index contributed by atoms with van der Waals surface area (Å²) in [5.74, 6) is -1.32. The first kappa shape index (κ1) is 19.7. The van der Waals surface area contributed by atoms with E-state index < -0.39 is 33.6 Å². The minimum Gasteiger partial charge on any atom is -0.462 e. The molecule has 0 spiro atoms. The molecular weight excluding hydrogens is 420 g/mol. The number of carbonyl (C=O) groups excluding carboxylic acids is 3. The molecule has 11 heteroatoms. The highest BCUT2D eigenvalue weighted by Gasteiger charge is 2.37. The Morgan fingerprint density at radius 2 is 2.05 bits per heavy atom. The first-order valence-corrected chi connectivity index (χ1v) is 7.23. The van der Waals surface area contributed by atoms with Crippen molar-refractivity contribution in [3.63, 3.8) is 0 Å². The number of halogens is 2. The predicted molar refractivity (Wildman–Crippen MR) is 79.7 cm³/mol. The normalized spacial score (nSPS) is 15.6. The molecule has 0 aromatic carbocycles. The van der Waals surface area contributed by atoms with Crippen molar-refractivity contribution < 1.29 is 28.6 Å². The van der Waals surface area contributed by atoms with Gasteiger partial charge in [-0.3, -0.25) is 14.4 Å². The summed E-state index contributed by atoms with van der Waals surface area (Å²) in [5, 5.41) is 3.43. The number of rotatable bonds is 9. The van der Waals surface area contributed by atoms with Crippen LogP contribution in [-0.4, -0.2) is 46.7 Å². The van der Waals surface area contributed by atoms with Crippen molar-refractivity contribution in [1.82, 2.24) is 0 Å². The van der Waals surface area contributed by atoms with Gasteiger partial charge in [0.05, 0.1) is 3.38 Å². The molecule has 0 bridgehead atoms. The van der Waals surface area contributed by atoms with Gasteiger partial charge in [-0.15, -0.1) is 11.6 Å². The van der Waals surface area contributed by atoms with E-state index >= 15 is 0 Å². The maximum atomic E-state index is 11.2. The lowest BCUT2D eigenvalue weighted by Crippen LogP contribution is -2.46. The highest BCUT2D eigenvalue weighted by Crippen LogP contribution is 2.24. The fraction of sp³-hybridized carbons (Fsp3) is 0.700. The van der Waals surface area contributed by atoms with Gasteiger partial charge in [-0.05, 0) is 5.53 Å². The van der Waals surface area contributed by atoms with E-state index in [0.717, 1.165) is 13.8 Å². The van der Waals surface area contributed by atoms with Crippen LogP contribution >= 0.6 is 34.2 Å². The van der Waals surface area contributed by atoms with Gasteiger partial charge in [0.15, 0.2) is 12.2 Å². The molecule has 0 rings (SSSR count). The number of azide groups is 1. The molecule has 0 amide bonds. The Hall–Kier alpha value is -1.26. The van der Waals surface area contributed by atoms with Crippen LogP contribution in [0.4, 0.5) is 0 Å². The van der Waals surface area contributed by atoms with E-state index in [-0.39, 0.29) is 13.1 Å². The zero-order chi connectivity index (χ0) is 16.4. The maximum Gasteiger partial charge on any atom is 0.303 e. The van der Waals surface area contributed by atoms with E-state index in [2.05, 4.69) is 10.0 Å². The van der Waals surface area contributed by atoms with E-state index in [4.69, 9.17) is 31.3 Å². The fourth-order valence-electron chi connectivity index (χ4n) is 1.36. The number of hydrogen-bond donors (Lipinski definition) is 0. The first-order chi connectivity index (χ1) is 9.83. The van der Waals surface area contributed by atoms with Crippen molar-refractivity contribution in [3.05, 3.63) is 10.4 Å². The van der Waals surface area contributed by atoms with Gasteiger partial charge in [0.1, 0.15) is 12.6 Å². The van der Waals surface area contributed by atoms with Gasteiger partial charge in [0.25, 0.3) is 6.47 Å². The SMILES string of the molecule is CC(=O)OC[C@@H](OC=O)[C@@H](OC(C)=O)C(N=[N+]=[N-])C(Cl)I. The second-order valence-electron chi connectivity index (χ2n) is 3.68. The number of alkyl halides is 2. The maximum absolute atomic E-state index is 11.2. The zero-order valence-electron chi connectivity index (χ0n) is 11.1. The van der Waals surface area contributed by atoms with Crippen molar-refractivity contribution in [1.29, 1.82) is 0 Å². The third-order valence-electron chi connectivity index (χ3n) is 2.13. The van der Waals surface area contributed by atoms with Crippen molar-refractivity contribution in [3.8, 4) is 0 Å². The lowest BCUT2D eigenvalue weighted by Gasteiger charge is -2.29. The lowest BCUT2D eigenvalue weighted by molar-refractivity contribution is -0.168. The molecule has 0 saturated carbocycles. The van der Waals surface area contributed by atoms with Crippen LogP contribution in [0.2, 0.25) is 0 Å². The van der Waals surface area contributed by atoms with Crippen molar-refractivity contribution in [2.24, 2.45) is 5.11 Å². The molecule has 0 aromatic heterocycles. The molecule has 0 aliphatic rings. The third-order valence-corrected chi connectivity index (χ3v) is 3.12. The molecular formula is C10H13ClIN3O6. The Labute approximate surface area is 139 Å². The minimum absolute atomic E-state index is 0.105. The molecule has 2 unspecified atom stereocenters. The van der Waals surface area contributed by atoms with Crippen LogP contribution in [0.1, 0.15) is 13.8 Å². The molecule has 118 valence electrons. The van der Waals surface area contributed by atoms with Crippen LogP contribution in [-0.2, 0) is 28.6 Å². The summed E-state index contributed by atoms with van der Waals surface area (Å²) in [6, 6.07) is -1.03. The van der Waals surface area contributed by atoms with Crippen LogP contribution in [0.3, 0.4) is 0 Å². The average molecular weight is 434 g/mol. The van der Waals surface area contributed by atoms with Gasteiger partial charge in [0, 0.05) is 18.8 Å². The van der Waals surface area contributed by atoms with Gasteiger partial charge >= 0.3 is 11.9 Å². The van der Waals surface area contributed by atoms with E-state index in [0.29, 0.717) is 0 Å². The highest BCUT2D eigenvalue weighted by atomic mass is 127. The van der Waals surface area contributed by atoms with E-state index in [9.17, 15) is 14.4 Å². The summed E-state index contributed by atoms with van der Waals surface area (Å²) in [6.45, 7) is 2.02. The van der Waals surface area contributed by atoms with Crippen molar-refractivity contribution >= 4 is 52.6 Å². The zero-order valence-corrected chi connectivity index (χ0v) is 14.1. The Morgan fingerprint density at radius 3 is 2.43 bits per heavy atom. The summed E-state index contributed by atoms with van der Waals surface area (Å²) < 4.78 is 13.7. The van der Waals surface area contributed by atoms with Crippen molar-refractivity contribution in [2.75, 3.05) is 6.61 Å². The smallest absolute Gasteiger partial charge is 0.303 e. The molecule has 0 fully saturated rings. The van der Waals surface area contributed by atoms with Crippen LogP contribution in [0.5, 0.6) is 0 Å². The van der Waals surface area contributed by atoms with Crippen LogP contribution in [0.15, 0.2) is 5.11 Å². The highest BCUT2D eigenvalue weighted by molar-refractivity contribution is 14.1. The Morgan fingerprint density at radius 1 is 1.43 bits per heavy atom. The van der Waals surface area contributed by atoms with Gasteiger partial charge in [-0.2, -0.15) is 0 Å². The largest absolute Gasteiger partial charge is 0.462 e. The van der Waals surface area contributed by atoms with Gasteiger partial charge in [-0.25, -0.2) is 0 Å². The number of ether oxygens (including phenoxy) is 3. The predicted octanol–water partition coefficient (Wildman–Crippen LogP) is 1.70. The molecule has 21 heavy (non-hydrogen) atoms. The van der Waals surface area contributed by atoms with Gasteiger partial charge < -0.3 is 14.2 Å². The Bertz CT molecular complexity index is 429. The van der Waals surface area contributed by atoms with E-state index in [1.165, 1.54) is 0 Å². The summed E-state index contributed by atoms with van der Waals surface area (Å²) in [6.07, 6.45) is -2.34. The summed E-state index contributed by atoms with van der Waals surface area (Å²) >= 11 is 7.64. The monoisotopic (exact) mass is 433 g/mol. The molecule has 0 aliphatic heterocycles. The number of nitrogens with zero attached hydrogens (tertiary/aromatic N) is 3. The van der Waals surface area contributed by atoms with Crippen LogP contribution in [0, 0.1) is 0 Å². The molecule has 0 N–H and O–H groups in total. The van der Waals surface area contributed by atoms with E-state index in [1.54, 1.807) is 22.6 Å². The number of carbonyl (C=O) groups is 3. The van der Waals surface area contributed by atoms with Gasteiger partial charge in [-0.1, -0.05) is 27.7 Å². The molecule has 4 atom stereocenters. The summed E-state index contributed by atoms with van der Waals surface area (Å²) in [4.78, 5) is 35.2. The standard InChI is InChI=1S/C10H13ClIN3O6/c1-5(17)19-3-7(20-4-16)9(21-6(2)18)8(10(11)12)14-15-13/h4,7-10H,3H2,1-2H3/t7-,8?,9-,10?/m1/s1. The topological polar surface area (TPSA) is 128 Å². The third kappa shape index (κ3) is 7.93. The second-order valence-corrected chi connectivity index (χ2v) is 6.23. The van der Waals surface area contributed by atoms with Gasteiger partial charge in [0.2, 0.25) is 0 Å². The minimum atomic E-state index is -1.19. The Kier molecular flexibility index (Phi) is 9.84. The molecule has 0 aromatic rings. The van der Waals surface area contributed by atoms with Crippen LogP contribution < -0.4 is 0 Å². The molecule has 0 heterocycles. The number of hydrogen-bond acceptors (Lipinski definition) is 7. The lowest BCUT2D eigenvalue weighted by atomic mass is 10.1. The molecule has 0 saturated heterocycles. The fourth-order valence-corrected chi connectivity index (χ4v) is 2.11.